The maximum absolute atomic E-state index is 11.3. The average molecular weight is 165 g/mol. The zero-order valence-corrected chi connectivity index (χ0v) is 6.92. The smallest absolute Gasteiger partial charge is 0.256 e. The number of aromatic nitrogens is 2. The molecule has 1 atom stereocenters. The van der Waals surface area contributed by atoms with Gasteiger partial charge in [0, 0.05) is 6.54 Å². The summed E-state index contributed by atoms with van der Waals surface area (Å²) in [6, 6.07) is 0. The maximum atomic E-state index is 11.3. The summed E-state index contributed by atoms with van der Waals surface area (Å²) in [5.41, 5.74) is 0.781. The first-order chi connectivity index (χ1) is 5.79. The number of hydrogen-bond donors (Lipinski definition) is 2. The first kappa shape index (κ1) is 7.34. The Morgan fingerprint density at radius 2 is 2.50 bits per heavy atom. The summed E-state index contributed by atoms with van der Waals surface area (Å²) < 4.78 is 0. The zero-order chi connectivity index (χ0) is 8.55. The number of aromatic amines is 1. The minimum Gasteiger partial charge on any atom is -0.370 e. The van der Waals surface area contributed by atoms with E-state index in [9.17, 15) is 4.79 Å². The molecule has 1 aromatic rings. The fourth-order valence-corrected chi connectivity index (χ4v) is 1.56. The fourth-order valence-electron chi connectivity index (χ4n) is 1.56. The van der Waals surface area contributed by atoms with E-state index in [0.717, 1.165) is 24.3 Å². The van der Waals surface area contributed by atoms with Crippen LogP contribution in [-0.4, -0.2) is 16.5 Å². The summed E-state index contributed by atoms with van der Waals surface area (Å²) >= 11 is 0. The average Bonchev–Trinajstić information content (AvgIpc) is 2.04. The van der Waals surface area contributed by atoms with E-state index in [1.807, 2.05) is 0 Å². The van der Waals surface area contributed by atoms with Crippen LogP contribution in [0, 0.1) is 0 Å². The lowest BCUT2D eigenvalue weighted by Crippen LogP contribution is -2.25. The van der Waals surface area contributed by atoms with Gasteiger partial charge < -0.3 is 10.3 Å². The van der Waals surface area contributed by atoms with Gasteiger partial charge in [-0.25, -0.2) is 4.98 Å². The second kappa shape index (κ2) is 2.62. The third-order valence-electron chi connectivity index (χ3n) is 2.25. The normalized spacial score (nSPS) is 21.2. The van der Waals surface area contributed by atoms with Crippen molar-refractivity contribution in [2.24, 2.45) is 0 Å². The number of rotatable bonds is 0. The highest BCUT2D eigenvalue weighted by Crippen LogP contribution is 2.25. The second-order valence-electron chi connectivity index (χ2n) is 3.11. The Morgan fingerprint density at radius 1 is 1.67 bits per heavy atom. The molecule has 1 aliphatic rings. The van der Waals surface area contributed by atoms with Gasteiger partial charge in [-0.1, -0.05) is 6.92 Å². The lowest BCUT2D eigenvalue weighted by Gasteiger charge is -2.20. The minimum atomic E-state index is -0.0142. The molecule has 0 aliphatic carbocycles. The first-order valence-corrected chi connectivity index (χ1v) is 4.10. The Balaban J connectivity index is 2.61. The van der Waals surface area contributed by atoms with E-state index in [1.54, 1.807) is 0 Å². The van der Waals surface area contributed by atoms with Crippen molar-refractivity contribution in [3.8, 4) is 0 Å². The van der Waals surface area contributed by atoms with Gasteiger partial charge in [0.1, 0.15) is 5.82 Å². The van der Waals surface area contributed by atoms with Crippen LogP contribution >= 0.6 is 0 Å². The van der Waals surface area contributed by atoms with Gasteiger partial charge in [0.25, 0.3) is 5.56 Å². The van der Waals surface area contributed by atoms with E-state index in [0.29, 0.717) is 5.92 Å². The third-order valence-corrected chi connectivity index (χ3v) is 2.25. The van der Waals surface area contributed by atoms with Crippen LogP contribution in [0.1, 0.15) is 24.8 Å². The van der Waals surface area contributed by atoms with Crippen LogP contribution in [-0.2, 0) is 0 Å². The molecule has 0 spiro atoms. The predicted octanol–water partition coefficient (Wildman–Crippen LogP) is 0.689. The highest BCUT2D eigenvalue weighted by molar-refractivity contribution is 5.46. The summed E-state index contributed by atoms with van der Waals surface area (Å²) in [5.74, 6) is 1.07. The van der Waals surface area contributed by atoms with E-state index >= 15 is 0 Å². The molecule has 0 amide bonds. The van der Waals surface area contributed by atoms with Crippen molar-refractivity contribution in [1.82, 2.24) is 9.97 Å². The van der Waals surface area contributed by atoms with Crippen molar-refractivity contribution in [3.05, 3.63) is 22.2 Å². The van der Waals surface area contributed by atoms with Crippen molar-refractivity contribution in [3.63, 3.8) is 0 Å². The van der Waals surface area contributed by atoms with Gasteiger partial charge in [0.05, 0.1) is 11.9 Å². The van der Waals surface area contributed by atoms with Gasteiger partial charge in [-0.3, -0.25) is 4.79 Å². The van der Waals surface area contributed by atoms with Gasteiger partial charge in [-0.2, -0.15) is 0 Å². The summed E-state index contributed by atoms with van der Waals surface area (Å²) in [5, 5.41) is 3.10. The molecule has 0 aromatic carbocycles. The monoisotopic (exact) mass is 165 g/mol. The molecule has 0 fully saturated rings. The maximum Gasteiger partial charge on any atom is 0.256 e. The molecule has 0 saturated heterocycles. The third kappa shape index (κ3) is 0.995. The Kier molecular flexibility index (Phi) is 1.60. The number of nitrogens with one attached hydrogen (secondary N) is 2. The van der Waals surface area contributed by atoms with E-state index in [-0.39, 0.29) is 5.56 Å². The Bertz CT molecular complexity index is 344. The Hall–Kier alpha value is -1.32. The summed E-state index contributed by atoms with van der Waals surface area (Å²) in [4.78, 5) is 18.0. The number of anilines is 1. The molecule has 12 heavy (non-hydrogen) atoms. The molecule has 64 valence electrons. The van der Waals surface area contributed by atoms with E-state index < -0.39 is 0 Å². The topological polar surface area (TPSA) is 57.8 Å². The van der Waals surface area contributed by atoms with E-state index in [1.165, 1.54) is 6.33 Å². The molecule has 1 aromatic heterocycles. The highest BCUT2D eigenvalue weighted by atomic mass is 16.1. The standard InChI is InChI=1S/C8H11N3O/c1-5-2-3-9-7-6(5)8(12)11-4-10-7/h4-5H,2-3H2,1H3,(H2,9,10,11,12)/t5-/m0/s1. The number of H-pyrrole nitrogens is 1. The minimum absolute atomic E-state index is 0.0142. The summed E-state index contributed by atoms with van der Waals surface area (Å²) in [6.07, 6.45) is 2.44. The Morgan fingerprint density at radius 3 is 3.25 bits per heavy atom. The molecule has 0 bridgehead atoms. The van der Waals surface area contributed by atoms with Crippen LogP contribution in [0.2, 0.25) is 0 Å². The van der Waals surface area contributed by atoms with Crippen LogP contribution in [0.4, 0.5) is 5.82 Å². The van der Waals surface area contributed by atoms with Crippen LogP contribution in [0.25, 0.3) is 0 Å². The van der Waals surface area contributed by atoms with Gasteiger partial charge in [0.2, 0.25) is 0 Å². The zero-order valence-electron chi connectivity index (χ0n) is 6.92. The number of fused-ring (bicyclic) bond motifs is 1. The second-order valence-corrected chi connectivity index (χ2v) is 3.11. The molecule has 2 N–H and O–H groups in total. The van der Waals surface area contributed by atoms with E-state index in [2.05, 4.69) is 22.2 Å². The molecular weight excluding hydrogens is 154 g/mol. The van der Waals surface area contributed by atoms with Gasteiger partial charge in [-0.05, 0) is 12.3 Å². The van der Waals surface area contributed by atoms with Crippen molar-refractivity contribution < 1.29 is 0 Å². The largest absolute Gasteiger partial charge is 0.370 e. The van der Waals surface area contributed by atoms with E-state index in [4.69, 9.17) is 0 Å². The predicted molar refractivity (Wildman–Crippen MR) is 46.4 cm³/mol. The summed E-state index contributed by atoms with van der Waals surface area (Å²) in [6.45, 7) is 2.96. The van der Waals surface area contributed by atoms with Gasteiger partial charge in [-0.15, -0.1) is 0 Å². The molecule has 0 radical (unpaired) electrons. The highest BCUT2D eigenvalue weighted by Gasteiger charge is 2.19. The van der Waals surface area contributed by atoms with Crippen molar-refractivity contribution >= 4 is 5.82 Å². The van der Waals surface area contributed by atoms with Gasteiger partial charge in [0.15, 0.2) is 0 Å². The first-order valence-electron chi connectivity index (χ1n) is 4.10. The molecule has 2 rings (SSSR count). The molecule has 4 heteroatoms. The van der Waals surface area contributed by atoms with Crippen LogP contribution in [0.3, 0.4) is 0 Å². The molecule has 0 saturated carbocycles. The van der Waals surface area contributed by atoms with Crippen molar-refractivity contribution in [2.75, 3.05) is 11.9 Å². The molecule has 0 unspecified atom stereocenters. The van der Waals surface area contributed by atoms with Crippen LogP contribution < -0.4 is 10.9 Å². The quantitative estimate of drug-likeness (QED) is 0.594. The molecule has 2 heterocycles. The van der Waals surface area contributed by atoms with Crippen LogP contribution in [0.5, 0.6) is 0 Å². The molecule has 1 aliphatic heterocycles. The lowest BCUT2D eigenvalue weighted by atomic mass is 9.96. The number of hydrogen-bond acceptors (Lipinski definition) is 3. The molecule has 4 nitrogen and oxygen atoms in total. The fraction of sp³-hybridized carbons (Fsp3) is 0.500. The van der Waals surface area contributed by atoms with Crippen LogP contribution in [0.15, 0.2) is 11.1 Å². The Labute approximate surface area is 70.0 Å². The van der Waals surface area contributed by atoms with Crippen molar-refractivity contribution in [1.29, 1.82) is 0 Å². The SMILES string of the molecule is C[C@H]1CCNc2nc[nH]c(=O)c21. The van der Waals surface area contributed by atoms with Crippen molar-refractivity contribution in [2.45, 2.75) is 19.3 Å². The lowest BCUT2D eigenvalue weighted by molar-refractivity contribution is 0.665. The van der Waals surface area contributed by atoms with Gasteiger partial charge >= 0.3 is 0 Å². The molecular formula is C8H11N3O. The summed E-state index contributed by atoms with van der Waals surface area (Å²) in [7, 11) is 0. The number of nitrogens with zero attached hydrogens (tertiary/aromatic N) is 1.